The fourth-order valence-electron chi connectivity index (χ4n) is 10.3. The highest BCUT2D eigenvalue weighted by Gasteiger charge is 2.62. The number of hydrogen-bond acceptors (Lipinski definition) is 2. The summed E-state index contributed by atoms with van der Waals surface area (Å²) in [4.78, 5) is 0. The molecule has 0 N–H and O–H groups in total. The molecule has 0 amide bonds. The molecular formula is C37H63N3. The first-order valence-corrected chi connectivity index (χ1v) is 16.7. The Kier molecular flexibility index (Phi) is 12.4. The lowest BCUT2D eigenvalue weighted by Crippen LogP contribution is -2.59. The molecule has 0 spiro atoms. The van der Waals surface area contributed by atoms with E-state index in [1.54, 1.807) is 6.20 Å². The Morgan fingerprint density at radius 3 is 2.38 bits per heavy atom. The molecule has 9 unspecified atom stereocenters. The van der Waals surface area contributed by atoms with Crippen molar-refractivity contribution in [1.82, 2.24) is 9.78 Å². The summed E-state index contributed by atoms with van der Waals surface area (Å²) >= 11 is 0. The quantitative estimate of drug-likeness (QED) is 0.343. The van der Waals surface area contributed by atoms with Crippen LogP contribution >= 0.6 is 0 Å². The molecule has 0 aliphatic heterocycles. The highest BCUT2D eigenvalue weighted by molar-refractivity contribution is 5.26. The van der Waals surface area contributed by atoms with Crippen molar-refractivity contribution in [2.24, 2.45) is 51.8 Å². The number of hydrogen-bond donors (Lipinski definition) is 0. The van der Waals surface area contributed by atoms with Gasteiger partial charge >= 0.3 is 0 Å². The Morgan fingerprint density at radius 2 is 1.75 bits per heavy atom. The van der Waals surface area contributed by atoms with Crippen LogP contribution in [-0.4, -0.2) is 9.78 Å². The van der Waals surface area contributed by atoms with Gasteiger partial charge in [-0.25, -0.2) is 0 Å². The average molecular weight is 550 g/mol. The molecule has 1 aromatic heterocycles. The fraction of sp³-hybridized carbons (Fsp3) is 0.838. The van der Waals surface area contributed by atoms with Gasteiger partial charge in [-0.3, -0.25) is 4.68 Å². The molecule has 0 saturated heterocycles. The van der Waals surface area contributed by atoms with Crippen molar-refractivity contribution < 1.29 is 0 Å². The van der Waals surface area contributed by atoms with Gasteiger partial charge in [-0.2, -0.15) is 10.4 Å². The van der Waals surface area contributed by atoms with Crippen LogP contribution in [0.5, 0.6) is 0 Å². The van der Waals surface area contributed by atoms with Crippen LogP contribution in [0.3, 0.4) is 0 Å². The van der Waals surface area contributed by atoms with Gasteiger partial charge in [-0.05, 0) is 104 Å². The molecule has 5 rings (SSSR count). The lowest BCUT2D eigenvalue weighted by Gasteiger charge is -2.67. The van der Waals surface area contributed by atoms with Crippen LogP contribution in [0.4, 0.5) is 0 Å². The Hall–Kier alpha value is -1.74. The van der Waals surface area contributed by atoms with Gasteiger partial charge in [0, 0.05) is 6.20 Å². The van der Waals surface area contributed by atoms with Crippen molar-refractivity contribution in [1.29, 1.82) is 5.26 Å². The van der Waals surface area contributed by atoms with E-state index in [0.29, 0.717) is 23.3 Å². The normalized spacial score (nSPS) is 38.5. The van der Waals surface area contributed by atoms with Crippen LogP contribution in [0, 0.1) is 75.4 Å². The minimum Gasteiger partial charge on any atom is -0.270 e. The van der Waals surface area contributed by atoms with Gasteiger partial charge in [0.15, 0.2) is 0 Å². The van der Waals surface area contributed by atoms with Crippen LogP contribution in [0.15, 0.2) is 12.4 Å². The molecule has 1 aromatic rings. The second-order valence-corrected chi connectivity index (χ2v) is 13.7. The molecule has 4 aliphatic rings. The largest absolute Gasteiger partial charge is 0.270 e. The van der Waals surface area contributed by atoms with E-state index in [1.165, 1.54) is 77.0 Å². The standard InChI is InChI=1S/C32H47N3.2C2H6.CH4/c1-6-9-24-12-17-32(5)29-14-16-31(4)27(25(19-33)22-35-21-23(7-2)20-34-35)10-8-11-28(31)26(29)13-15-30(32,3)18-24;2*1-2;/h2,20-21,24-29H,6,8-18,22H2,1,3-5H3;2*1-2H3;1H4. The van der Waals surface area contributed by atoms with E-state index in [-0.39, 0.29) is 18.8 Å². The molecule has 4 fully saturated rings. The van der Waals surface area contributed by atoms with Crippen LogP contribution in [0.2, 0.25) is 0 Å². The van der Waals surface area contributed by atoms with E-state index < -0.39 is 0 Å². The van der Waals surface area contributed by atoms with E-state index in [1.807, 2.05) is 38.6 Å². The molecule has 4 aliphatic carbocycles. The second kappa shape index (κ2) is 14.4. The van der Waals surface area contributed by atoms with Gasteiger partial charge < -0.3 is 0 Å². The third-order valence-corrected chi connectivity index (χ3v) is 12.3. The number of nitrogens with zero attached hydrogens (tertiary/aromatic N) is 3. The minimum absolute atomic E-state index is 0. The third-order valence-electron chi connectivity index (χ3n) is 12.3. The summed E-state index contributed by atoms with van der Waals surface area (Å²) in [6, 6.07) is 2.74. The summed E-state index contributed by atoms with van der Waals surface area (Å²) in [6.45, 7) is 19.0. The Morgan fingerprint density at radius 1 is 1.02 bits per heavy atom. The molecule has 9 atom stereocenters. The van der Waals surface area contributed by atoms with Crippen LogP contribution < -0.4 is 0 Å². The zero-order valence-electron chi connectivity index (χ0n) is 26.7. The Balaban J connectivity index is 0.00000107. The van der Waals surface area contributed by atoms with E-state index in [0.717, 1.165) is 29.2 Å². The Bertz CT molecular complexity index is 996. The SMILES string of the molecule is C.C#Cc1cnn(CC(C#N)C2CCCC3C4CCC5(C)CC(CCC)CCC5(C)C4CCC23C)c1.CC.CC. The van der Waals surface area contributed by atoms with Gasteiger partial charge in [-0.15, -0.1) is 6.42 Å². The number of rotatable bonds is 5. The predicted molar refractivity (Wildman–Crippen MR) is 172 cm³/mol. The van der Waals surface area contributed by atoms with Crippen molar-refractivity contribution in [3.05, 3.63) is 18.0 Å². The van der Waals surface area contributed by atoms with E-state index in [9.17, 15) is 5.26 Å². The van der Waals surface area contributed by atoms with Crippen molar-refractivity contribution in [2.75, 3.05) is 0 Å². The van der Waals surface area contributed by atoms with E-state index >= 15 is 0 Å². The van der Waals surface area contributed by atoms with Crippen molar-refractivity contribution in [3.8, 4) is 18.4 Å². The summed E-state index contributed by atoms with van der Waals surface area (Å²) in [5.41, 5.74) is 2.12. The molecule has 0 aromatic carbocycles. The maximum atomic E-state index is 10.3. The van der Waals surface area contributed by atoms with Crippen LogP contribution in [0.1, 0.15) is 145 Å². The van der Waals surface area contributed by atoms with Gasteiger partial charge in [0.1, 0.15) is 0 Å². The first kappa shape index (κ1) is 34.5. The lowest BCUT2D eigenvalue weighted by atomic mass is 9.37. The number of fused-ring (bicyclic) bond motifs is 5. The summed E-state index contributed by atoms with van der Waals surface area (Å²) in [5, 5.41) is 14.8. The lowest BCUT2D eigenvalue weighted by molar-refractivity contribution is -0.182. The second-order valence-electron chi connectivity index (χ2n) is 13.7. The van der Waals surface area contributed by atoms with Crippen molar-refractivity contribution in [2.45, 2.75) is 146 Å². The summed E-state index contributed by atoms with van der Waals surface area (Å²) in [6.07, 6.45) is 25.8. The van der Waals surface area contributed by atoms with E-state index in [4.69, 9.17) is 6.42 Å². The number of nitriles is 1. The van der Waals surface area contributed by atoms with Crippen LogP contribution in [0.25, 0.3) is 0 Å². The van der Waals surface area contributed by atoms with Crippen molar-refractivity contribution in [3.63, 3.8) is 0 Å². The number of aromatic nitrogens is 2. The highest BCUT2D eigenvalue weighted by atomic mass is 15.3. The third kappa shape index (κ3) is 6.06. The highest BCUT2D eigenvalue weighted by Crippen LogP contribution is 2.71. The Labute approximate surface area is 249 Å². The van der Waals surface area contributed by atoms with Gasteiger partial charge in [0.25, 0.3) is 0 Å². The molecular weight excluding hydrogens is 486 g/mol. The first-order chi connectivity index (χ1) is 18.8. The topological polar surface area (TPSA) is 41.6 Å². The smallest absolute Gasteiger partial charge is 0.0692 e. The molecule has 0 bridgehead atoms. The molecule has 3 heteroatoms. The molecule has 226 valence electrons. The molecule has 0 radical (unpaired) electrons. The monoisotopic (exact) mass is 550 g/mol. The van der Waals surface area contributed by atoms with Gasteiger partial charge in [0.2, 0.25) is 0 Å². The predicted octanol–water partition coefficient (Wildman–Crippen LogP) is 10.5. The van der Waals surface area contributed by atoms with Gasteiger partial charge in [0.05, 0.1) is 30.3 Å². The molecule has 40 heavy (non-hydrogen) atoms. The van der Waals surface area contributed by atoms with Crippen LogP contribution in [-0.2, 0) is 6.54 Å². The zero-order valence-corrected chi connectivity index (χ0v) is 26.7. The zero-order chi connectivity index (χ0) is 28.8. The molecule has 4 saturated carbocycles. The fourth-order valence-corrected chi connectivity index (χ4v) is 10.3. The molecule has 1 heterocycles. The van der Waals surface area contributed by atoms with Gasteiger partial charge in [-0.1, -0.05) is 88.0 Å². The first-order valence-electron chi connectivity index (χ1n) is 16.7. The number of terminal acetylenes is 1. The average Bonchev–Trinajstić information content (AvgIpc) is 3.42. The minimum atomic E-state index is 0. The van der Waals surface area contributed by atoms with Crippen molar-refractivity contribution >= 4 is 0 Å². The molecule has 3 nitrogen and oxygen atoms in total. The summed E-state index contributed by atoms with van der Waals surface area (Å²) in [5.74, 6) is 6.63. The summed E-state index contributed by atoms with van der Waals surface area (Å²) in [7, 11) is 0. The maximum absolute atomic E-state index is 10.3. The van der Waals surface area contributed by atoms with E-state index in [2.05, 4.69) is 44.8 Å². The maximum Gasteiger partial charge on any atom is 0.0692 e. The summed E-state index contributed by atoms with van der Waals surface area (Å²) < 4.78 is 1.92.